The van der Waals surface area contributed by atoms with Gasteiger partial charge in [0, 0.05) is 5.69 Å². The molecule has 0 heterocycles. The van der Waals surface area contributed by atoms with Crippen LogP contribution in [-0.4, -0.2) is 13.5 Å². The normalized spacial score (nSPS) is 11.3. The van der Waals surface area contributed by atoms with Gasteiger partial charge in [0.15, 0.2) is 0 Å². The highest BCUT2D eigenvalue weighted by molar-refractivity contribution is 7.92. The molecule has 106 valence electrons. The Balaban J connectivity index is 2.32. The van der Waals surface area contributed by atoms with Crippen molar-refractivity contribution >= 4 is 27.3 Å². The Hall–Kier alpha value is -1.63. The molecule has 2 aromatic carbocycles. The van der Waals surface area contributed by atoms with Crippen LogP contribution in [0.5, 0.6) is 0 Å². The van der Waals surface area contributed by atoms with Crippen molar-refractivity contribution in [3.8, 4) is 0 Å². The first-order chi connectivity index (χ1) is 9.42. The van der Waals surface area contributed by atoms with E-state index >= 15 is 0 Å². The lowest BCUT2D eigenvalue weighted by Gasteiger charge is -2.10. The average molecular weight is 316 g/mol. The number of aliphatic hydroxyl groups is 1. The van der Waals surface area contributed by atoms with Crippen LogP contribution in [0, 0.1) is 5.82 Å². The molecule has 0 aliphatic carbocycles. The SMILES string of the molecule is O=S(=O)(Nc1ccc(CO)cc1)c1cc(F)ccc1Cl. The molecule has 0 saturated carbocycles. The highest BCUT2D eigenvalue weighted by Gasteiger charge is 2.18. The first-order valence-corrected chi connectivity index (χ1v) is 7.46. The second-order valence-corrected chi connectivity index (χ2v) is 6.09. The van der Waals surface area contributed by atoms with Crippen molar-refractivity contribution in [1.82, 2.24) is 0 Å². The molecule has 0 unspecified atom stereocenters. The van der Waals surface area contributed by atoms with Gasteiger partial charge in [-0.25, -0.2) is 12.8 Å². The third-order valence-electron chi connectivity index (χ3n) is 2.57. The van der Waals surface area contributed by atoms with Crippen molar-refractivity contribution in [2.24, 2.45) is 0 Å². The summed E-state index contributed by atoms with van der Waals surface area (Å²) < 4.78 is 39.7. The van der Waals surface area contributed by atoms with Crippen molar-refractivity contribution < 1.29 is 17.9 Å². The van der Waals surface area contributed by atoms with Crippen LogP contribution in [0.25, 0.3) is 0 Å². The third kappa shape index (κ3) is 3.27. The van der Waals surface area contributed by atoms with Crippen LogP contribution in [-0.2, 0) is 16.6 Å². The van der Waals surface area contributed by atoms with E-state index in [1.807, 2.05) is 0 Å². The largest absolute Gasteiger partial charge is 0.392 e. The van der Waals surface area contributed by atoms with Gasteiger partial charge in [0.1, 0.15) is 10.7 Å². The number of nitrogens with one attached hydrogen (secondary N) is 1. The maximum absolute atomic E-state index is 13.1. The van der Waals surface area contributed by atoms with Crippen molar-refractivity contribution in [3.05, 3.63) is 58.9 Å². The molecular weight excluding hydrogens is 305 g/mol. The molecule has 0 saturated heterocycles. The number of benzene rings is 2. The smallest absolute Gasteiger partial charge is 0.263 e. The van der Waals surface area contributed by atoms with Crippen LogP contribution in [0.2, 0.25) is 5.02 Å². The molecule has 0 amide bonds. The van der Waals surface area contributed by atoms with Gasteiger partial charge in [-0.3, -0.25) is 4.72 Å². The minimum Gasteiger partial charge on any atom is -0.392 e. The van der Waals surface area contributed by atoms with Crippen molar-refractivity contribution in [2.75, 3.05) is 4.72 Å². The first-order valence-electron chi connectivity index (χ1n) is 5.60. The van der Waals surface area contributed by atoms with Gasteiger partial charge in [-0.15, -0.1) is 0 Å². The van der Waals surface area contributed by atoms with Crippen LogP contribution in [0.15, 0.2) is 47.4 Å². The second-order valence-electron chi connectivity index (χ2n) is 4.04. The number of hydrogen-bond donors (Lipinski definition) is 2. The molecule has 2 aromatic rings. The van der Waals surface area contributed by atoms with E-state index in [1.54, 1.807) is 12.1 Å². The van der Waals surface area contributed by atoms with Gasteiger partial charge in [-0.1, -0.05) is 23.7 Å². The topological polar surface area (TPSA) is 66.4 Å². The van der Waals surface area contributed by atoms with Gasteiger partial charge in [0.05, 0.1) is 11.6 Å². The Morgan fingerprint density at radius 1 is 1.15 bits per heavy atom. The number of hydrogen-bond acceptors (Lipinski definition) is 3. The highest BCUT2D eigenvalue weighted by atomic mass is 35.5. The van der Waals surface area contributed by atoms with E-state index in [4.69, 9.17) is 16.7 Å². The van der Waals surface area contributed by atoms with Gasteiger partial charge < -0.3 is 5.11 Å². The van der Waals surface area contributed by atoms with Gasteiger partial charge in [-0.05, 0) is 35.9 Å². The van der Waals surface area contributed by atoms with E-state index < -0.39 is 15.8 Å². The lowest BCUT2D eigenvalue weighted by molar-refractivity contribution is 0.282. The summed E-state index contributed by atoms with van der Waals surface area (Å²) in [6, 6.07) is 9.26. The fraction of sp³-hybridized carbons (Fsp3) is 0.0769. The molecule has 0 fully saturated rings. The Labute approximate surface area is 120 Å². The Bertz CT molecular complexity index is 717. The predicted molar refractivity (Wildman–Crippen MR) is 74.6 cm³/mol. The van der Waals surface area contributed by atoms with Gasteiger partial charge in [-0.2, -0.15) is 0 Å². The number of aliphatic hydroxyl groups excluding tert-OH is 1. The summed E-state index contributed by atoms with van der Waals surface area (Å²) in [6.07, 6.45) is 0. The highest BCUT2D eigenvalue weighted by Crippen LogP contribution is 2.24. The lowest BCUT2D eigenvalue weighted by Crippen LogP contribution is -2.13. The van der Waals surface area contributed by atoms with Crippen molar-refractivity contribution in [2.45, 2.75) is 11.5 Å². The molecule has 0 aliphatic heterocycles. The second kappa shape index (κ2) is 5.78. The third-order valence-corrected chi connectivity index (χ3v) is 4.43. The summed E-state index contributed by atoms with van der Waals surface area (Å²) >= 11 is 5.78. The lowest BCUT2D eigenvalue weighted by atomic mass is 10.2. The number of anilines is 1. The summed E-state index contributed by atoms with van der Waals surface area (Å²) in [4.78, 5) is -0.328. The summed E-state index contributed by atoms with van der Waals surface area (Å²) in [7, 11) is -3.97. The Kier molecular flexibility index (Phi) is 4.27. The molecule has 0 aromatic heterocycles. The molecule has 7 heteroatoms. The van der Waals surface area contributed by atoms with Crippen molar-refractivity contribution in [3.63, 3.8) is 0 Å². The molecular formula is C13H11ClFNO3S. The van der Waals surface area contributed by atoms with E-state index in [-0.39, 0.29) is 16.5 Å². The van der Waals surface area contributed by atoms with Crippen LogP contribution in [0.1, 0.15) is 5.56 Å². The van der Waals surface area contributed by atoms with E-state index in [0.29, 0.717) is 11.3 Å². The molecule has 2 N–H and O–H groups in total. The zero-order valence-electron chi connectivity index (χ0n) is 10.2. The molecule has 0 bridgehead atoms. The van der Waals surface area contributed by atoms with Gasteiger partial charge in [0.2, 0.25) is 0 Å². The molecule has 0 atom stereocenters. The van der Waals surface area contributed by atoms with E-state index in [0.717, 1.165) is 12.1 Å². The summed E-state index contributed by atoms with van der Waals surface area (Å²) in [6.45, 7) is -0.136. The minimum absolute atomic E-state index is 0.0640. The maximum atomic E-state index is 13.1. The zero-order valence-corrected chi connectivity index (χ0v) is 11.7. The van der Waals surface area contributed by atoms with Gasteiger partial charge in [0.25, 0.3) is 10.0 Å². The predicted octanol–water partition coefficient (Wildman–Crippen LogP) is 2.77. The van der Waals surface area contributed by atoms with Crippen LogP contribution in [0.3, 0.4) is 0 Å². The van der Waals surface area contributed by atoms with Crippen LogP contribution < -0.4 is 4.72 Å². The molecule has 0 radical (unpaired) electrons. The Morgan fingerprint density at radius 2 is 1.80 bits per heavy atom. The summed E-state index contributed by atoms with van der Waals surface area (Å²) in [5.74, 6) is -0.689. The molecule has 20 heavy (non-hydrogen) atoms. The standard InChI is InChI=1S/C13H11ClFNO3S/c14-12-6-3-10(15)7-13(12)20(18,19)16-11-4-1-9(8-17)2-5-11/h1-7,16-17H,8H2. The van der Waals surface area contributed by atoms with E-state index in [9.17, 15) is 12.8 Å². The van der Waals surface area contributed by atoms with Crippen LogP contribution in [0.4, 0.5) is 10.1 Å². The zero-order chi connectivity index (χ0) is 14.8. The molecule has 0 aliphatic rings. The molecule has 0 spiro atoms. The number of rotatable bonds is 4. The summed E-state index contributed by atoms with van der Waals surface area (Å²) in [5.41, 5.74) is 0.944. The van der Waals surface area contributed by atoms with E-state index in [2.05, 4.69) is 4.72 Å². The maximum Gasteiger partial charge on any atom is 0.263 e. The monoisotopic (exact) mass is 315 g/mol. The average Bonchev–Trinajstić information content (AvgIpc) is 2.42. The summed E-state index contributed by atoms with van der Waals surface area (Å²) in [5, 5.41) is 8.84. The Morgan fingerprint density at radius 3 is 2.40 bits per heavy atom. The molecule has 2 rings (SSSR count). The van der Waals surface area contributed by atoms with Crippen LogP contribution >= 0.6 is 11.6 Å². The fourth-order valence-electron chi connectivity index (χ4n) is 1.57. The fourth-order valence-corrected chi connectivity index (χ4v) is 3.14. The van der Waals surface area contributed by atoms with Gasteiger partial charge >= 0.3 is 0 Å². The van der Waals surface area contributed by atoms with E-state index in [1.165, 1.54) is 18.2 Å². The van der Waals surface area contributed by atoms with Crippen molar-refractivity contribution in [1.29, 1.82) is 0 Å². The quantitative estimate of drug-likeness (QED) is 0.911. The first kappa shape index (κ1) is 14.8. The molecule has 4 nitrogen and oxygen atoms in total. The number of halogens is 2. The minimum atomic E-state index is -3.97. The number of sulfonamides is 1.